The Morgan fingerprint density at radius 1 is 0.976 bits per heavy atom. The summed E-state index contributed by atoms with van der Waals surface area (Å²) in [5.74, 6) is 1.65. The van der Waals surface area contributed by atoms with Crippen molar-refractivity contribution in [2.45, 2.75) is 76.9 Å². The number of hydrogen-bond donors (Lipinski definition) is 2. The van der Waals surface area contributed by atoms with Crippen molar-refractivity contribution in [3.05, 3.63) is 54.1 Å². The van der Waals surface area contributed by atoms with Crippen LogP contribution in [-0.4, -0.2) is 68.0 Å². The van der Waals surface area contributed by atoms with E-state index < -0.39 is 10.0 Å². The number of amides is 2. The van der Waals surface area contributed by atoms with Crippen molar-refractivity contribution in [2.24, 2.45) is 0 Å². The van der Waals surface area contributed by atoms with Gasteiger partial charge in [0.1, 0.15) is 17.3 Å². The predicted molar refractivity (Wildman–Crippen MR) is 164 cm³/mol. The zero-order chi connectivity index (χ0) is 28.5. The molecular formula is C30H43ClN4O5S. The highest BCUT2D eigenvalue weighted by Crippen LogP contribution is 2.25. The number of halogens is 1. The lowest BCUT2D eigenvalue weighted by atomic mass is 9.94. The van der Waals surface area contributed by atoms with E-state index in [1.807, 2.05) is 17.0 Å². The van der Waals surface area contributed by atoms with Crippen LogP contribution < -0.4 is 14.8 Å². The molecule has 0 atom stereocenters. The van der Waals surface area contributed by atoms with Gasteiger partial charge in [-0.1, -0.05) is 25.5 Å². The Balaban J connectivity index is 0.00000462. The molecule has 1 aliphatic heterocycles. The zero-order valence-electron chi connectivity index (χ0n) is 24.0. The Kier molecular flexibility index (Phi) is 12.3. The van der Waals surface area contributed by atoms with Gasteiger partial charge in [0.05, 0.1) is 6.26 Å². The van der Waals surface area contributed by atoms with Gasteiger partial charge < -0.3 is 15.0 Å². The van der Waals surface area contributed by atoms with Gasteiger partial charge in [0.2, 0.25) is 10.0 Å². The molecule has 2 aliphatic rings. The summed E-state index contributed by atoms with van der Waals surface area (Å²) < 4.78 is 31.1. The number of anilines is 1. The van der Waals surface area contributed by atoms with Crippen LogP contribution in [0, 0.1) is 0 Å². The number of hydrogen-bond acceptors (Lipinski definition) is 6. The number of urea groups is 1. The molecule has 11 heteroatoms. The van der Waals surface area contributed by atoms with Crippen molar-refractivity contribution in [2.75, 3.05) is 30.6 Å². The van der Waals surface area contributed by atoms with E-state index in [0.717, 1.165) is 71.0 Å². The van der Waals surface area contributed by atoms with Gasteiger partial charge in [0.15, 0.2) is 0 Å². The van der Waals surface area contributed by atoms with Gasteiger partial charge in [0.25, 0.3) is 0 Å². The van der Waals surface area contributed by atoms with Crippen molar-refractivity contribution in [1.29, 1.82) is 0 Å². The Hall–Kier alpha value is -2.82. The van der Waals surface area contributed by atoms with E-state index in [2.05, 4.69) is 34.0 Å². The predicted octanol–water partition coefficient (Wildman–Crippen LogP) is 5.56. The monoisotopic (exact) mass is 606 g/mol. The van der Waals surface area contributed by atoms with Crippen LogP contribution in [0.1, 0.15) is 63.9 Å². The summed E-state index contributed by atoms with van der Waals surface area (Å²) in [5.41, 5.74) is 1.69. The normalized spacial score (nSPS) is 17.0. The average Bonchev–Trinajstić information content (AvgIpc) is 2.92. The van der Waals surface area contributed by atoms with Crippen LogP contribution in [0.3, 0.4) is 0 Å². The largest absolute Gasteiger partial charge is 0.457 e. The topological polar surface area (TPSA) is 108 Å². The Bertz CT molecular complexity index is 1220. The van der Waals surface area contributed by atoms with Crippen molar-refractivity contribution in [1.82, 2.24) is 15.1 Å². The molecule has 2 amide bonds. The summed E-state index contributed by atoms with van der Waals surface area (Å²) in [4.78, 5) is 29.2. The lowest BCUT2D eigenvalue weighted by molar-refractivity contribution is -0.120. The highest BCUT2D eigenvalue weighted by Gasteiger charge is 2.29. The molecule has 1 aliphatic carbocycles. The molecule has 1 saturated heterocycles. The summed E-state index contributed by atoms with van der Waals surface area (Å²) in [6.07, 6.45) is 7.71. The Labute approximate surface area is 250 Å². The van der Waals surface area contributed by atoms with Crippen LogP contribution >= 0.6 is 12.4 Å². The molecule has 2 fully saturated rings. The first-order valence-corrected chi connectivity index (χ1v) is 16.2. The van der Waals surface area contributed by atoms with E-state index in [1.54, 1.807) is 24.3 Å². The number of Topliss-reactive ketones (excluding diaryl/α,β-unsaturated/α-hetero) is 1. The molecule has 4 rings (SSSR count). The first kappa shape index (κ1) is 32.7. The van der Waals surface area contributed by atoms with E-state index in [-0.39, 0.29) is 30.5 Å². The van der Waals surface area contributed by atoms with Gasteiger partial charge in [0, 0.05) is 56.8 Å². The first-order chi connectivity index (χ1) is 19.2. The Morgan fingerprint density at radius 3 is 2.12 bits per heavy atom. The number of unbranched alkanes of at least 4 members (excludes halogenated alkanes) is 1. The zero-order valence-corrected chi connectivity index (χ0v) is 25.6. The third-order valence-electron chi connectivity index (χ3n) is 7.60. The number of nitrogens with zero attached hydrogens (tertiary/aromatic N) is 2. The number of nitrogens with one attached hydrogen (secondary N) is 2. The van der Waals surface area contributed by atoms with E-state index >= 15 is 0 Å². The SMILES string of the molecule is CCCCN(C(=O)NC1CCC(=O)CC1)C1CCN(Cc2ccc(Oc3ccc(NS(C)(=O)=O)cc3)cc2)CC1.Cl. The minimum atomic E-state index is -3.31. The maximum Gasteiger partial charge on any atom is 0.317 e. The molecule has 226 valence electrons. The molecule has 2 N–H and O–H groups in total. The first-order valence-electron chi connectivity index (χ1n) is 14.3. The number of carbonyl (C=O) groups is 2. The standard InChI is InChI=1S/C30H42N4O5S.ClH/c1-3-4-19-34(30(36)31-24-7-11-27(35)12-8-24)26-17-20-33(21-18-26)22-23-5-13-28(14-6-23)39-29-15-9-25(10-16-29)32-40(2,37)38;/h5-6,9-10,13-16,24,26,32H,3-4,7-8,11-12,17-22H2,1-2H3,(H,31,36);1H. The summed E-state index contributed by atoms with van der Waals surface area (Å²) in [7, 11) is -3.31. The van der Waals surface area contributed by atoms with Crippen LogP contribution in [0.4, 0.5) is 10.5 Å². The van der Waals surface area contributed by atoms with Gasteiger partial charge in [-0.15, -0.1) is 12.4 Å². The molecular weight excluding hydrogens is 564 g/mol. The van der Waals surface area contributed by atoms with Crippen molar-refractivity contribution in [3.8, 4) is 11.5 Å². The van der Waals surface area contributed by atoms with Crippen molar-refractivity contribution < 1.29 is 22.7 Å². The van der Waals surface area contributed by atoms with Gasteiger partial charge >= 0.3 is 6.03 Å². The van der Waals surface area contributed by atoms with Crippen LogP contribution in [0.25, 0.3) is 0 Å². The van der Waals surface area contributed by atoms with Crippen LogP contribution in [0.2, 0.25) is 0 Å². The maximum atomic E-state index is 13.2. The second kappa shape index (κ2) is 15.4. The van der Waals surface area contributed by atoms with E-state index in [9.17, 15) is 18.0 Å². The van der Waals surface area contributed by atoms with E-state index in [1.165, 1.54) is 5.56 Å². The second-order valence-corrected chi connectivity index (χ2v) is 12.7. The summed E-state index contributed by atoms with van der Waals surface area (Å²) in [6.45, 7) is 5.64. The molecule has 1 saturated carbocycles. The fourth-order valence-corrected chi connectivity index (χ4v) is 5.94. The lowest BCUT2D eigenvalue weighted by Gasteiger charge is -2.39. The van der Waals surface area contributed by atoms with Gasteiger partial charge in [-0.25, -0.2) is 13.2 Å². The number of ether oxygens (including phenoxy) is 1. The molecule has 1 heterocycles. The molecule has 0 spiro atoms. The molecule has 9 nitrogen and oxygen atoms in total. The summed E-state index contributed by atoms with van der Waals surface area (Å²) in [6, 6.07) is 15.2. The van der Waals surface area contributed by atoms with Gasteiger partial charge in [-0.3, -0.25) is 14.4 Å². The van der Waals surface area contributed by atoms with Gasteiger partial charge in [-0.2, -0.15) is 0 Å². The minimum Gasteiger partial charge on any atom is -0.457 e. The third kappa shape index (κ3) is 10.5. The highest BCUT2D eigenvalue weighted by molar-refractivity contribution is 7.92. The number of sulfonamides is 1. The van der Waals surface area contributed by atoms with Crippen LogP contribution in [-0.2, 0) is 21.4 Å². The number of piperidine rings is 1. The molecule has 2 aromatic rings. The number of benzene rings is 2. The summed E-state index contributed by atoms with van der Waals surface area (Å²) in [5, 5.41) is 3.21. The number of ketones is 1. The lowest BCUT2D eigenvalue weighted by Crippen LogP contribution is -2.53. The quantitative estimate of drug-likeness (QED) is 0.347. The minimum absolute atomic E-state index is 0. The second-order valence-electron chi connectivity index (χ2n) is 11.0. The van der Waals surface area contributed by atoms with Crippen molar-refractivity contribution in [3.63, 3.8) is 0 Å². The highest BCUT2D eigenvalue weighted by atomic mass is 35.5. The number of likely N-dealkylation sites (tertiary alicyclic amines) is 1. The number of carbonyl (C=O) groups excluding carboxylic acids is 2. The van der Waals surface area contributed by atoms with Crippen molar-refractivity contribution >= 4 is 39.9 Å². The fourth-order valence-electron chi connectivity index (χ4n) is 5.37. The number of rotatable bonds is 11. The fraction of sp³-hybridized carbons (Fsp3) is 0.533. The van der Waals surface area contributed by atoms with E-state index in [0.29, 0.717) is 35.8 Å². The van der Waals surface area contributed by atoms with Crippen LogP contribution in [0.15, 0.2) is 48.5 Å². The molecule has 2 aromatic carbocycles. The molecule has 0 unspecified atom stereocenters. The molecule has 0 bridgehead atoms. The molecule has 0 aromatic heterocycles. The smallest absolute Gasteiger partial charge is 0.317 e. The third-order valence-corrected chi connectivity index (χ3v) is 8.21. The average molecular weight is 607 g/mol. The van der Waals surface area contributed by atoms with E-state index in [4.69, 9.17) is 4.74 Å². The molecule has 41 heavy (non-hydrogen) atoms. The van der Waals surface area contributed by atoms with Gasteiger partial charge in [-0.05, 0) is 74.1 Å². The summed E-state index contributed by atoms with van der Waals surface area (Å²) >= 11 is 0. The molecule has 0 radical (unpaired) electrons. The van der Waals surface area contributed by atoms with Crippen LogP contribution in [0.5, 0.6) is 11.5 Å². The maximum absolute atomic E-state index is 13.2. The Morgan fingerprint density at radius 2 is 1.56 bits per heavy atom.